The van der Waals surface area contributed by atoms with Gasteiger partial charge in [-0.15, -0.1) is 0 Å². The first-order chi connectivity index (χ1) is 13.4. The largest absolute Gasteiger partial charge is 0.466 e. The van der Waals surface area contributed by atoms with E-state index in [2.05, 4.69) is 10.1 Å². The van der Waals surface area contributed by atoms with E-state index in [1.807, 2.05) is 0 Å². The second-order valence-electron chi connectivity index (χ2n) is 5.87. The Morgan fingerprint density at radius 3 is 2.61 bits per heavy atom. The molecule has 2 aromatic rings. The van der Waals surface area contributed by atoms with E-state index in [0.717, 1.165) is 0 Å². The zero-order valence-electron chi connectivity index (χ0n) is 15.5. The van der Waals surface area contributed by atoms with E-state index in [9.17, 15) is 20.0 Å². The number of esters is 1. The van der Waals surface area contributed by atoms with E-state index in [-0.39, 0.29) is 18.9 Å². The van der Waals surface area contributed by atoms with Crippen molar-refractivity contribution in [2.24, 2.45) is 11.1 Å². The number of ether oxygens (including phenoxy) is 1. The minimum atomic E-state index is -1.16. The molecule has 9 nitrogen and oxygen atoms in total. The van der Waals surface area contributed by atoms with Gasteiger partial charge in [0.1, 0.15) is 12.5 Å². The summed E-state index contributed by atoms with van der Waals surface area (Å²) < 4.78 is 5.01. The average molecular weight is 387 g/mol. The maximum Gasteiger partial charge on any atom is 0.315 e. The maximum absolute atomic E-state index is 12.2. The van der Waals surface area contributed by atoms with Crippen LogP contribution in [0.2, 0.25) is 0 Å². The Morgan fingerprint density at radius 1 is 1.32 bits per heavy atom. The van der Waals surface area contributed by atoms with Crippen LogP contribution in [0.3, 0.4) is 0 Å². The number of carbonyl (C=O) groups is 1. The Bertz CT molecular complexity index is 823. The van der Waals surface area contributed by atoms with Crippen molar-refractivity contribution < 1.29 is 24.4 Å². The topological polar surface area (TPSA) is 124 Å². The maximum atomic E-state index is 12.2. The van der Waals surface area contributed by atoms with Gasteiger partial charge in [-0.2, -0.15) is 0 Å². The molecular formula is C19H21N3O6. The van der Waals surface area contributed by atoms with Gasteiger partial charge < -0.3 is 14.7 Å². The van der Waals surface area contributed by atoms with Gasteiger partial charge in [-0.25, -0.2) is 0 Å². The first-order valence-electron chi connectivity index (χ1n) is 8.60. The highest BCUT2D eigenvalue weighted by atomic mass is 16.6. The average Bonchev–Trinajstić information content (AvgIpc) is 2.71. The summed E-state index contributed by atoms with van der Waals surface area (Å²) in [5, 5.41) is 25.2. The lowest BCUT2D eigenvalue weighted by molar-refractivity contribution is -0.384. The molecule has 0 saturated heterocycles. The number of oxime groups is 1. The van der Waals surface area contributed by atoms with Crippen LogP contribution >= 0.6 is 0 Å². The molecule has 148 valence electrons. The van der Waals surface area contributed by atoms with Crippen LogP contribution in [0.4, 0.5) is 5.69 Å². The van der Waals surface area contributed by atoms with E-state index < -0.39 is 22.9 Å². The molecule has 0 aliphatic carbocycles. The normalized spacial score (nSPS) is 13.5. The van der Waals surface area contributed by atoms with Gasteiger partial charge in [0.2, 0.25) is 0 Å². The zero-order valence-corrected chi connectivity index (χ0v) is 15.5. The van der Waals surface area contributed by atoms with E-state index in [1.165, 1.54) is 18.3 Å². The molecule has 0 fully saturated rings. The fourth-order valence-electron chi connectivity index (χ4n) is 2.41. The summed E-state index contributed by atoms with van der Waals surface area (Å²) in [6.07, 6.45) is 1.86. The summed E-state index contributed by atoms with van der Waals surface area (Å²) in [5.74, 6) is -1.60. The quantitative estimate of drug-likeness (QED) is 0.303. The molecule has 1 heterocycles. The Kier molecular flexibility index (Phi) is 7.58. The SMILES string of the molecule is CCOC(=O)C(CO/N=C(\C)c1ccc([N+](=O)[O-])cc1)C(O)c1cccnc1. The molecular weight excluding hydrogens is 366 g/mol. The molecule has 9 heteroatoms. The van der Waals surface area contributed by atoms with E-state index in [1.54, 1.807) is 44.3 Å². The highest BCUT2D eigenvalue weighted by Crippen LogP contribution is 2.23. The van der Waals surface area contributed by atoms with Crippen LogP contribution in [-0.2, 0) is 14.4 Å². The lowest BCUT2D eigenvalue weighted by Gasteiger charge is -2.20. The number of non-ortho nitro benzene ring substituents is 1. The van der Waals surface area contributed by atoms with Crippen LogP contribution in [0, 0.1) is 16.0 Å². The summed E-state index contributed by atoms with van der Waals surface area (Å²) in [6.45, 7) is 3.29. The molecule has 0 spiro atoms. The number of nitro groups is 1. The molecule has 2 unspecified atom stereocenters. The monoisotopic (exact) mass is 387 g/mol. The fourth-order valence-corrected chi connectivity index (χ4v) is 2.41. The van der Waals surface area contributed by atoms with E-state index in [4.69, 9.17) is 9.57 Å². The van der Waals surface area contributed by atoms with Gasteiger partial charge in [0.15, 0.2) is 0 Å². The third-order valence-electron chi connectivity index (χ3n) is 3.95. The number of hydrogen-bond acceptors (Lipinski definition) is 8. The van der Waals surface area contributed by atoms with Crippen LogP contribution in [0.25, 0.3) is 0 Å². The summed E-state index contributed by atoms with van der Waals surface area (Å²) in [7, 11) is 0. The van der Waals surface area contributed by atoms with Crippen molar-refractivity contribution in [2.75, 3.05) is 13.2 Å². The Morgan fingerprint density at radius 2 is 2.04 bits per heavy atom. The van der Waals surface area contributed by atoms with E-state index in [0.29, 0.717) is 16.8 Å². The van der Waals surface area contributed by atoms with Crippen LogP contribution in [0.1, 0.15) is 31.1 Å². The second-order valence-corrected chi connectivity index (χ2v) is 5.87. The highest BCUT2D eigenvalue weighted by molar-refractivity contribution is 5.98. The number of benzene rings is 1. The lowest BCUT2D eigenvalue weighted by Crippen LogP contribution is -2.28. The summed E-state index contributed by atoms with van der Waals surface area (Å²) in [6, 6.07) is 9.12. The lowest BCUT2D eigenvalue weighted by atomic mass is 9.98. The van der Waals surface area contributed by atoms with Crippen molar-refractivity contribution in [3.8, 4) is 0 Å². The van der Waals surface area contributed by atoms with Crippen molar-refractivity contribution >= 4 is 17.4 Å². The Hall–Kier alpha value is -3.33. The smallest absolute Gasteiger partial charge is 0.315 e. The number of aromatic nitrogens is 1. The number of aliphatic hydroxyl groups is 1. The number of nitrogens with zero attached hydrogens (tertiary/aromatic N) is 3. The molecule has 0 aliphatic heterocycles. The number of hydrogen-bond donors (Lipinski definition) is 1. The first-order valence-corrected chi connectivity index (χ1v) is 8.60. The molecule has 2 rings (SSSR count). The van der Waals surface area contributed by atoms with Gasteiger partial charge in [0.05, 0.1) is 23.3 Å². The molecule has 0 bridgehead atoms. The molecule has 28 heavy (non-hydrogen) atoms. The Labute approximate surface area is 161 Å². The molecule has 1 aromatic carbocycles. The van der Waals surface area contributed by atoms with E-state index >= 15 is 0 Å². The van der Waals surface area contributed by atoms with Gasteiger partial charge >= 0.3 is 5.97 Å². The van der Waals surface area contributed by atoms with Crippen molar-refractivity contribution in [3.05, 3.63) is 70.0 Å². The summed E-state index contributed by atoms with van der Waals surface area (Å²) >= 11 is 0. The molecule has 1 N–H and O–H groups in total. The van der Waals surface area contributed by atoms with Crippen molar-refractivity contribution in [3.63, 3.8) is 0 Å². The molecule has 1 aromatic heterocycles. The standard InChI is InChI=1S/C19H21N3O6/c1-3-27-19(24)17(18(23)15-5-4-10-20-11-15)12-28-21-13(2)14-6-8-16(9-7-14)22(25)26/h4-11,17-18,23H,3,12H2,1-2H3/b21-13+. The van der Waals surface area contributed by atoms with Crippen LogP contribution in [0.15, 0.2) is 53.9 Å². The molecule has 0 amide bonds. The Balaban J connectivity index is 2.08. The van der Waals surface area contributed by atoms with Gasteiger partial charge in [-0.05, 0) is 43.2 Å². The number of aliphatic hydroxyl groups excluding tert-OH is 1. The fraction of sp³-hybridized carbons (Fsp3) is 0.316. The summed E-state index contributed by atoms with van der Waals surface area (Å²) in [4.78, 5) is 31.6. The first kappa shape index (κ1) is 21.0. The number of rotatable bonds is 9. The number of carbonyl (C=O) groups excluding carboxylic acids is 1. The van der Waals surface area contributed by atoms with Gasteiger partial charge in [-0.3, -0.25) is 19.9 Å². The molecule has 0 radical (unpaired) electrons. The highest BCUT2D eigenvalue weighted by Gasteiger charge is 2.30. The minimum absolute atomic E-state index is 0.0283. The van der Waals surface area contributed by atoms with Crippen molar-refractivity contribution in [1.82, 2.24) is 4.98 Å². The van der Waals surface area contributed by atoms with Crippen molar-refractivity contribution in [1.29, 1.82) is 0 Å². The predicted molar refractivity (Wildman–Crippen MR) is 101 cm³/mol. The zero-order chi connectivity index (χ0) is 20.5. The third-order valence-corrected chi connectivity index (χ3v) is 3.95. The molecule has 2 atom stereocenters. The predicted octanol–water partition coefficient (Wildman–Crippen LogP) is 2.64. The number of pyridine rings is 1. The van der Waals surface area contributed by atoms with Crippen LogP contribution < -0.4 is 0 Å². The summed E-state index contributed by atoms with van der Waals surface area (Å²) in [5.41, 5.74) is 1.53. The minimum Gasteiger partial charge on any atom is -0.466 e. The second kappa shape index (κ2) is 10.1. The third kappa shape index (κ3) is 5.58. The van der Waals surface area contributed by atoms with Gasteiger partial charge in [-0.1, -0.05) is 11.2 Å². The van der Waals surface area contributed by atoms with Gasteiger partial charge in [0, 0.05) is 24.5 Å². The molecule has 0 aliphatic rings. The number of nitro benzene ring substituents is 1. The van der Waals surface area contributed by atoms with Gasteiger partial charge in [0.25, 0.3) is 5.69 Å². The van der Waals surface area contributed by atoms with Crippen LogP contribution in [0.5, 0.6) is 0 Å². The molecule has 0 saturated carbocycles. The van der Waals surface area contributed by atoms with Crippen molar-refractivity contribution in [2.45, 2.75) is 20.0 Å². The van der Waals surface area contributed by atoms with Crippen LogP contribution in [-0.4, -0.2) is 39.9 Å².